The summed E-state index contributed by atoms with van der Waals surface area (Å²) >= 11 is 0. The van der Waals surface area contributed by atoms with Crippen molar-refractivity contribution < 1.29 is 27.9 Å². The Hall–Kier alpha value is -1.27. The van der Waals surface area contributed by atoms with Gasteiger partial charge in [-0.3, -0.25) is 9.59 Å². The van der Waals surface area contributed by atoms with E-state index in [-0.39, 0.29) is 12.5 Å². The molecule has 18 heavy (non-hydrogen) atoms. The zero-order valence-corrected chi connectivity index (χ0v) is 9.79. The molecule has 1 rings (SSSR count). The van der Waals surface area contributed by atoms with Gasteiger partial charge >= 0.3 is 12.1 Å². The fourth-order valence-corrected chi connectivity index (χ4v) is 2.19. The van der Waals surface area contributed by atoms with Crippen LogP contribution in [-0.2, 0) is 9.59 Å². The van der Waals surface area contributed by atoms with Crippen molar-refractivity contribution in [2.24, 2.45) is 11.8 Å². The minimum absolute atomic E-state index is 0.146. The fraction of sp³-hybridized carbons (Fsp3) is 0.818. The van der Waals surface area contributed by atoms with E-state index in [0.29, 0.717) is 12.8 Å². The number of hydrogen-bond acceptors (Lipinski definition) is 2. The predicted molar refractivity (Wildman–Crippen MR) is 56.8 cm³/mol. The van der Waals surface area contributed by atoms with Crippen LogP contribution in [0.15, 0.2) is 0 Å². The topological polar surface area (TPSA) is 66.4 Å². The molecule has 0 aromatic heterocycles. The van der Waals surface area contributed by atoms with Gasteiger partial charge in [-0.05, 0) is 18.8 Å². The molecule has 2 atom stereocenters. The lowest BCUT2D eigenvalue weighted by Gasteiger charge is -2.16. The molecule has 1 aliphatic carbocycles. The van der Waals surface area contributed by atoms with Gasteiger partial charge in [0.25, 0.3) is 0 Å². The molecule has 1 fully saturated rings. The summed E-state index contributed by atoms with van der Waals surface area (Å²) in [5.74, 6) is -2.24. The fourth-order valence-electron chi connectivity index (χ4n) is 2.19. The third kappa shape index (κ3) is 4.93. The average molecular weight is 267 g/mol. The SMILES string of the molecule is O=C(CCC(F)(F)F)NCC1CCCC1C(=O)O. The summed E-state index contributed by atoms with van der Waals surface area (Å²) in [7, 11) is 0. The maximum atomic E-state index is 11.9. The number of carbonyl (C=O) groups is 2. The zero-order valence-electron chi connectivity index (χ0n) is 9.79. The number of halogens is 3. The van der Waals surface area contributed by atoms with Crippen molar-refractivity contribution in [1.82, 2.24) is 5.32 Å². The van der Waals surface area contributed by atoms with Gasteiger partial charge in [0.15, 0.2) is 0 Å². The van der Waals surface area contributed by atoms with Crippen LogP contribution in [0.3, 0.4) is 0 Å². The van der Waals surface area contributed by atoms with Gasteiger partial charge in [0, 0.05) is 13.0 Å². The van der Waals surface area contributed by atoms with Crippen LogP contribution in [0.2, 0.25) is 0 Å². The van der Waals surface area contributed by atoms with Crippen molar-refractivity contribution in [3.8, 4) is 0 Å². The molecule has 0 saturated heterocycles. The number of rotatable bonds is 5. The standard InChI is InChI=1S/C11H16F3NO3/c12-11(13,14)5-4-9(16)15-6-7-2-1-3-8(7)10(17)18/h7-8H,1-6H2,(H,15,16)(H,17,18). The minimum atomic E-state index is -4.34. The number of alkyl halides is 3. The Kier molecular flexibility index (Phi) is 4.98. The van der Waals surface area contributed by atoms with Crippen LogP contribution in [0, 0.1) is 11.8 Å². The first-order valence-electron chi connectivity index (χ1n) is 5.86. The smallest absolute Gasteiger partial charge is 0.389 e. The van der Waals surface area contributed by atoms with Gasteiger partial charge in [-0.2, -0.15) is 13.2 Å². The molecule has 0 aliphatic heterocycles. The Morgan fingerprint density at radius 1 is 1.28 bits per heavy atom. The summed E-state index contributed by atoms with van der Waals surface area (Å²) in [6, 6.07) is 0. The molecular weight excluding hydrogens is 251 g/mol. The van der Waals surface area contributed by atoms with E-state index in [9.17, 15) is 22.8 Å². The largest absolute Gasteiger partial charge is 0.481 e. The van der Waals surface area contributed by atoms with Crippen molar-refractivity contribution in [2.75, 3.05) is 6.54 Å². The van der Waals surface area contributed by atoms with E-state index >= 15 is 0 Å². The van der Waals surface area contributed by atoms with Crippen molar-refractivity contribution in [3.05, 3.63) is 0 Å². The van der Waals surface area contributed by atoms with Gasteiger partial charge in [0.2, 0.25) is 5.91 Å². The Balaban J connectivity index is 2.28. The van der Waals surface area contributed by atoms with Crippen LogP contribution in [0.25, 0.3) is 0 Å². The van der Waals surface area contributed by atoms with Gasteiger partial charge in [0.1, 0.15) is 0 Å². The number of aliphatic carboxylic acids is 1. The number of carboxylic acids is 1. The minimum Gasteiger partial charge on any atom is -0.481 e. The average Bonchev–Trinajstić information content (AvgIpc) is 2.70. The molecular formula is C11H16F3NO3. The van der Waals surface area contributed by atoms with Crippen LogP contribution in [-0.4, -0.2) is 29.7 Å². The lowest BCUT2D eigenvalue weighted by atomic mass is 9.96. The van der Waals surface area contributed by atoms with Crippen LogP contribution in [0.5, 0.6) is 0 Å². The molecule has 1 aliphatic rings. The third-order valence-corrected chi connectivity index (χ3v) is 3.17. The van der Waals surface area contributed by atoms with Crippen molar-refractivity contribution in [3.63, 3.8) is 0 Å². The molecule has 104 valence electrons. The normalized spacial score (nSPS) is 23.9. The molecule has 1 amide bonds. The number of carboxylic acid groups (broad SMARTS) is 1. The summed E-state index contributed by atoms with van der Waals surface area (Å²) < 4.78 is 35.6. The van der Waals surface area contributed by atoms with Crippen LogP contribution in [0.4, 0.5) is 13.2 Å². The molecule has 7 heteroatoms. The molecule has 0 aromatic rings. The van der Waals surface area contributed by atoms with Crippen molar-refractivity contribution in [2.45, 2.75) is 38.3 Å². The number of amides is 1. The van der Waals surface area contributed by atoms with Gasteiger partial charge in [0.05, 0.1) is 12.3 Å². The van der Waals surface area contributed by atoms with Gasteiger partial charge < -0.3 is 10.4 Å². The monoisotopic (exact) mass is 267 g/mol. The second-order valence-electron chi connectivity index (χ2n) is 4.55. The Morgan fingerprint density at radius 2 is 1.94 bits per heavy atom. The van der Waals surface area contributed by atoms with Gasteiger partial charge in [-0.25, -0.2) is 0 Å². The first-order valence-corrected chi connectivity index (χ1v) is 5.86. The van der Waals surface area contributed by atoms with E-state index in [0.717, 1.165) is 6.42 Å². The first kappa shape index (κ1) is 14.8. The van der Waals surface area contributed by atoms with Crippen LogP contribution >= 0.6 is 0 Å². The third-order valence-electron chi connectivity index (χ3n) is 3.17. The summed E-state index contributed by atoms with van der Waals surface area (Å²) in [6.45, 7) is 0.146. The Labute approximate surface area is 103 Å². The van der Waals surface area contributed by atoms with Crippen molar-refractivity contribution >= 4 is 11.9 Å². The van der Waals surface area contributed by atoms with E-state index in [1.807, 2.05) is 0 Å². The maximum Gasteiger partial charge on any atom is 0.389 e. The first-order chi connectivity index (χ1) is 8.29. The summed E-state index contributed by atoms with van der Waals surface area (Å²) in [4.78, 5) is 22.0. The summed E-state index contributed by atoms with van der Waals surface area (Å²) in [6.07, 6.45) is -4.05. The molecule has 4 nitrogen and oxygen atoms in total. The highest BCUT2D eigenvalue weighted by Gasteiger charge is 2.33. The van der Waals surface area contributed by atoms with E-state index in [4.69, 9.17) is 5.11 Å². The summed E-state index contributed by atoms with van der Waals surface area (Å²) in [5, 5.41) is 11.3. The highest BCUT2D eigenvalue weighted by molar-refractivity contribution is 5.76. The van der Waals surface area contributed by atoms with E-state index in [2.05, 4.69) is 5.32 Å². The quantitative estimate of drug-likeness (QED) is 0.800. The van der Waals surface area contributed by atoms with Gasteiger partial charge in [-0.1, -0.05) is 6.42 Å². The van der Waals surface area contributed by atoms with Crippen LogP contribution in [0.1, 0.15) is 32.1 Å². The molecule has 1 saturated carbocycles. The molecule has 0 radical (unpaired) electrons. The van der Waals surface area contributed by atoms with Gasteiger partial charge in [-0.15, -0.1) is 0 Å². The Bertz CT molecular complexity index is 317. The zero-order chi connectivity index (χ0) is 13.8. The number of hydrogen-bond donors (Lipinski definition) is 2. The van der Waals surface area contributed by atoms with E-state index < -0.39 is 36.8 Å². The number of carbonyl (C=O) groups excluding carboxylic acids is 1. The molecule has 0 heterocycles. The lowest BCUT2D eigenvalue weighted by Crippen LogP contribution is -2.33. The van der Waals surface area contributed by atoms with Crippen molar-refractivity contribution in [1.29, 1.82) is 0 Å². The highest BCUT2D eigenvalue weighted by Crippen LogP contribution is 2.31. The number of nitrogens with one attached hydrogen (secondary N) is 1. The Morgan fingerprint density at radius 3 is 2.50 bits per heavy atom. The van der Waals surface area contributed by atoms with Crippen LogP contribution < -0.4 is 5.32 Å². The molecule has 2 N–H and O–H groups in total. The highest BCUT2D eigenvalue weighted by atomic mass is 19.4. The lowest BCUT2D eigenvalue weighted by molar-refractivity contribution is -0.144. The molecule has 0 bridgehead atoms. The van der Waals surface area contributed by atoms with E-state index in [1.165, 1.54) is 0 Å². The molecule has 0 spiro atoms. The van der Waals surface area contributed by atoms with E-state index in [1.54, 1.807) is 0 Å². The second kappa shape index (κ2) is 6.06. The molecule has 2 unspecified atom stereocenters. The second-order valence-corrected chi connectivity index (χ2v) is 4.55. The maximum absolute atomic E-state index is 11.9. The molecule has 0 aromatic carbocycles. The predicted octanol–water partition coefficient (Wildman–Crippen LogP) is 1.95. The summed E-state index contributed by atoms with van der Waals surface area (Å²) in [5.41, 5.74) is 0.